The highest BCUT2D eigenvalue weighted by molar-refractivity contribution is 7.46. The maximum Gasteiger partial charge on any atom is 0.469 e. The second-order valence-corrected chi connectivity index (χ2v) is 6.98. The van der Waals surface area contributed by atoms with Crippen molar-refractivity contribution < 1.29 is 28.7 Å². The summed E-state index contributed by atoms with van der Waals surface area (Å²) >= 11 is 0. The van der Waals surface area contributed by atoms with E-state index in [9.17, 15) is 14.5 Å². The molecule has 0 aliphatic carbocycles. The molecule has 0 saturated carbocycles. The van der Waals surface area contributed by atoms with Crippen LogP contribution in [0.3, 0.4) is 0 Å². The Bertz CT molecular complexity index is 874. The van der Waals surface area contributed by atoms with Gasteiger partial charge in [-0.15, -0.1) is 0 Å². The van der Waals surface area contributed by atoms with Crippen LogP contribution in [-0.2, 0) is 13.8 Å². The number of anilines is 1. The number of phosphoric acid groups is 1. The summed E-state index contributed by atoms with van der Waals surface area (Å²) in [6.07, 6.45) is -1.22. The van der Waals surface area contributed by atoms with Crippen LogP contribution >= 0.6 is 7.82 Å². The number of rotatable bonds is 5. The van der Waals surface area contributed by atoms with Crippen molar-refractivity contribution in [3.05, 3.63) is 16.8 Å². The average Bonchev–Trinajstić information content (AvgIpc) is 3.07. The fraction of sp³-hybridized carbons (Fsp3) is 0.583. The molecule has 1 saturated heterocycles. The number of imidazole rings is 1. The Morgan fingerprint density at radius 3 is 2.84 bits per heavy atom. The number of fused-ring (bicyclic) bond motifs is 1. The van der Waals surface area contributed by atoms with Gasteiger partial charge < -0.3 is 24.5 Å². The van der Waals surface area contributed by atoms with E-state index >= 15 is 0 Å². The molecule has 0 aromatic carbocycles. The minimum atomic E-state index is -4.74. The highest BCUT2D eigenvalue weighted by atomic mass is 31.2. The first-order chi connectivity index (χ1) is 11.7. The topological polar surface area (TPSA) is 163 Å². The fourth-order valence-corrected chi connectivity index (χ4v) is 3.35. The lowest BCUT2D eigenvalue weighted by Gasteiger charge is -2.16. The highest BCUT2D eigenvalue weighted by Crippen LogP contribution is 2.43. The maximum absolute atomic E-state index is 11.8. The van der Waals surface area contributed by atoms with Gasteiger partial charge in [-0.2, -0.15) is 4.98 Å². The molecule has 12 nitrogen and oxygen atoms in total. The van der Waals surface area contributed by atoms with E-state index < -0.39 is 38.6 Å². The van der Waals surface area contributed by atoms with Crippen LogP contribution in [0.4, 0.5) is 5.82 Å². The summed E-state index contributed by atoms with van der Waals surface area (Å²) < 4.78 is 22.8. The zero-order chi connectivity index (χ0) is 18.4. The van der Waals surface area contributed by atoms with Gasteiger partial charge in [0.05, 0.1) is 12.9 Å². The van der Waals surface area contributed by atoms with E-state index in [1.807, 2.05) is 0 Å². The van der Waals surface area contributed by atoms with Crippen molar-refractivity contribution in [3.63, 3.8) is 0 Å². The second-order valence-electron chi connectivity index (χ2n) is 5.79. The summed E-state index contributed by atoms with van der Waals surface area (Å²) in [5.74, 6) is 0.466. The molecule has 0 spiro atoms. The van der Waals surface area contributed by atoms with Crippen LogP contribution in [0.1, 0.15) is 12.6 Å². The number of aromatic amines is 1. The number of H-pyrrole nitrogens is 1. The number of phosphoric ester groups is 1. The van der Waals surface area contributed by atoms with Gasteiger partial charge in [0.2, 0.25) is 0 Å². The van der Waals surface area contributed by atoms with Gasteiger partial charge in [-0.1, -0.05) is 0 Å². The molecular weight excluding hydrogens is 357 g/mol. The number of aliphatic hydroxyl groups is 1. The third-order valence-electron chi connectivity index (χ3n) is 3.82. The van der Waals surface area contributed by atoms with Gasteiger partial charge >= 0.3 is 13.5 Å². The van der Waals surface area contributed by atoms with Gasteiger partial charge in [0, 0.05) is 20.5 Å². The first kappa shape index (κ1) is 18.0. The van der Waals surface area contributed by atoms with Crippen LogP contribution in [0.15, 0.2) is 11.1 Å². The Labute approximate surface area is 141 Å². The minimum absolute atomic E-state index is 0.0492. The lowest BCUT2D eigenvalue weighted by Crippen LogP contribution is -2.26. The molecule has 13 heteroatoms. The Balaban J connectivity index is 1.97. The van der Waals surface area contributed by atoms with Crippen LogP contribution in [0.5, 0.6) is 0 Å². The molecule has 0 radical (unpaired) electrons. The average molecular weight is 375 g/mol. The van der Waals surface area contributed by atoms with E-state index in [1.54, 1.807) is 19.0 Å². The van der Waals surface area contributed by atoms with Gasteiger partial charge in [0.15, 0.2) is 5.65 Å². The Morgan fingerprint density at radius 1 is 1.52 bits per heavy atom. The third kappa shape index (κ3) is 3.59. The van der Waals surface area contributed by atoms with Crippen LogP contribution in [0.25, 0.3) is 11.2 Å². The number of hydrogen-bond donors (Lipinski definition) is 4. The third-order valence-corrected chi connectivity index (χ3v) is 4.36. The monoisotopic (exact) mass is 375 g/mol. The van der Waals surface area contributed by atoms with E-state index in [2.05, 4.69) is 19.5 Å². The first-order valence-electron chi connectivity index (χ1n) is 7.34. The second kappa shape index (κ2) is 6.48. The van der Waals surface area contributed by atoms with E-state index in [-0.39, 0.29) is 12.1 Å². The number of ether oxygens (including phenoxy) is 1. The number of hydrogen-bond acceptors (Lipinski definition) is 8. The van der Waals surface area contributed by atoms with Crippen LogP contribution in [0, 0.1) is 0 Å². The molecule has 25 heavy (non-hydrogen) atoms. The molecule has 0 amide bonds. The zero-order valence-corrected chi connectivity index (χ0v) is 14.3. The van der Waals surface area contributed by atoms with Gasteiger partial charge in [-0.3, -0.25) is 14.1 Å². The normalized spacial score (nSPS) is 24.1. The van der Waals surface area contributed by atoms with Crippen molar-refractivity contribution >= 4 is 24.8 Å². The number of aromatic nitrogens is 4. The van der Waals surface area contributed by atoms with Crippen LogP contribution in [0.2, 0.25) is 0 Å². The van der Waals surface area contributed by atoms with Crippen molar-refractivity contribution in [1.29, 1.82) is 0 Å². The van der Waals surface area contributed by atoms with E-state index in [0.717, 1.165) is 0 Å². The van der Waals surface area contributed by atoms with Crippen molar-refractivity contribution in [2.45, 2.75) is 24.9 Å². The number of aliphatic hydroxyl groups excluding tert-OH is 1. The molecule has 1 fully saturated rings. The molecule has 0 bridgehead atoms. The predicted octanol–water partition coefficient (Wildman–Crippen LogP) is -1.06. The minimum Gasteiger partial charge on any atom is -0.394 e. The molecular formula is C12H18N5O7P. The molecule has 4 N–H and O–H groups in total. The molecule has 3 heterocycles. The van der Waals surface area contributed by atoms with Crippen molar-refractivity contribution in [2.24, 2.45) is 0 Å². The maximum atomic E-state index is 11.8. The lowest BCUT2D eigenvalue weighted by atomic mass is 10.2. The predicted molar refractivity (Wildman–Crippen MR) is 85.0 cm³/mol. The molecule has 3 rings (SSSR count). The van der Waals surface area contributed by atoms with Gasteiger partial charge in [-0.25, -0.2) is 14.3 Å². The van der Waals surface area contributed by atoms with E-state index in [4.69, 9.17) is 14.5 Å². The van der Waals surface area contributed by atoms with Gasteiger partial charge in [-0.05, 0) is 0 Å². The molecule has 2 aromatic heterocycles. The first-order valence-corrected chi connectivity index (χ1v) is 8.87. The van der Waals surface area contributed by atoms with Gasteiger partial charge in [0.1, 0.15) is 29.8 Å². The van der Waals surface area contributed by atoms with Gasteiger partial charge in [0.25, 0.3) is 0 Å². The lowest BCUT2D eigenvalue weighted by molar-refractivity contribution is -0.0425. The molecule has 0 unspecified atom stereocenters. The highest BCUT2D eigenvalue weighted by Gasteiger charge is 2.40. The largest absolute Gasteiger partial charge is 0.469 e. The summed E-state index contributed by atoms with van der Waals surface area (Å²) in [5, 5.41) is 9.36. The van der Waals surface area contributed by atoms with E-state index in [1.165, 1.54) is 10.9 Å². The standard InChI is InChI=1S/C12H18N5O7P/c1-16(2)10-9-11(15-12(19)14-10)17(5-13-9)8-3-6(7(4-18)23-8)24-25(20,21)22/h5-8,18H,3-4H2,1-2H3,(H,14,15,19)(H2,20,21,22)/t6-,7+,8+/m0/s1. The summed E-state index contributed by atoms with van der Waals surface area (Å²) in [6, 6.07) is 0. The smallest absolute Gasteiger partial charge is 0.394 e. The Hall–Kier alpha value is -1.82. The molecule has 138 valence electrons. The van der Waals surface area contributed by atoms with Crippen LogP contribution in [-0.4, -0.2) is 67.3 Å². The molecule has 2 aromatic rings. The Morgan fingerprint density at radius 2 is 2.24 bits per heavy atom. The van der Waals surface area contributed by atoms with Crippen LogP contribution < -0.4 is 10.6 Å². The van der Waals surface area contributed by atoms with Crippen molar-refractivity contribution in [1.82, 2.24) is 19.5 Å². The number of nitrogens with one attached hydrogen (secondary N) is 1. The SMILES string of the molecule is CN(C)c1[nH]c(=O)nc2c1ncn2[C@H]1C[C@H](OP(=O)(O)O)[C@@H](CO)O1. The fourth-order valence-electron chi connectivity index (χ4n) is 2.77. The zero-order valence-electron chi connectivity index (χ0n) is 13.4. The molecule has 3 atom stereocenters. The molecule has 1 aliphatic heterocycles. The summed E-state index contributed by atoms with van der Waals surface area (Å²) in [4.78, 5) is 42.2. The van der Waals surface area contributed by atoms with Crippen molar-refractivity contribution in [3.8, 4) is 0 Å². The Kier molecular flexibility index (Phi) is 4.66. The van der Waals surface area contributed by atoms with E-state index in [0.29, 0.717) is 11.3 Å². The number of nitrogens with zero attached hydrogens (tertiary/aromatic N) is 4. The van der Waals surface area contributed by atoms with Crippen molar-refractivity contribution in [2.75, 3.05) is 25.6 Å². The summed E-state index contributed by atoms with van der Waals surface area (Å²) in [7, 11) is -1.26. The quantitative estimate of drug-likeness (QED) is 0.474. The molecule has 1 aliphatic rings. The summed E-state index contributed by atoms with van der Waals surface area (Å²) in [6.45, 7) is -0.481. The summed E-state index contributed by atoms with van der Waals surface area (Å²) in [5.41, 5.74) is 0.122.